The number of methoxy groups -OCH3 is 1. The molecule has 0 spiro atoms. The minimum absolute atomic E-state index is 0.274. The second-order valence-electron chi connectivity index (χ2n) is 5.10. The molecule has 1 saturated carbocycles. The first kappa shape index (κ1) is 11.5. The summed E-state index contributed by atoms with van der Waals surface area (Å²) < 4.78 is 5.40. The van der Waals surface area contributed by atoms with Gasteiger partial charge in [0.2, 0.25) is 0 Å². The molecule has 16 heavy (non-hydrogen) atoms. The number of nitrogens with two attached hydrogens (primary N) is 1. The predicted molar refractivity (Wildman–Crippen MR) is 67.0 cm³/mol. The molecule has 1 fully saturated rings. The summed E-state index contributed by atoms with van der Waals surface area (Å²) >= 11 is 0. The lowest BCUT2D eigenvalue weighted by molar-refractivity contribution is 0.407. The fourth-order valence-corrected chi connectivity index (χ4v) is 2.28. The normalized spacial score (nSPS) is 17.6. The van der Waals surface area contributed by atoms with Gasteiger partial charge in [0, 0.05) is 12.0 Å². The molecule has 0 amide bonds. The fourth-order valence-electron chi connectivity index (χ4n) is 2.28. The molecule has 1 aromatic carbocycles. The molecule has 0 heterocycles. The molecule has 2 N–H and O–H groups in total. The van der Waals surface area contributed by atoms with E-state index in [1.165, 1.54) is 24.0 Å². The molecular formula is C14H21NO. The van der Waals surface area contributed by atoms with Crippen molar-refractivity contribution in [3.05, 3.63) is 29.3 Å². The van der Waals surface area contributed by atoms with Crippen molar-refractivity contribution in [1.82, 2.24) is 0 Å². The van der Waals surface area contributed by atoms with Crippen LogP contribution < -0.4 is 10.5 Å². The Kier molecular flexibility index (Phi) is 2.94. The molecule has 2 nitrogen and oxygen atoms in total. The molecule has 88 valence electrons. The van der Waals surface area contributed by atoms with E-state index in [1.807, 2.05) is 0 Å². The standard InChI is InChI=1S/C14H21NO/c1-10(2)12-8-11(4-5-13(12)16-3)14(9-15)6-7-14/h4-5,8,10H,6-7,9,15H2,1-3H3. The van der Waals surface area contributed by atoms with Crippen LogP contribution >= 0.6 is 0 Å². The molecule has 1 aromatic rings. The van der Waals surface area contributed by atoms with Crippen LogP contribution in [0.4, 0.5) is 0 Å². The van der Waals surface area contributed by atoms with E-state index < -0.39 is 0 Å². The van der Waals surface area contributed by atoms with Crippen LogP contribution in [0.1, 0.15) is 43.7 Å². The van der Waals surface area contributed by atoms with Gasteiger partial charge in [-0.25, -0.2) is 0 Å². The minimum atomic E-state index is 0.274. The molecule has 0 bridgehead atoms. The van der Waals surface area contributed by atoms with E-state index in [4.69, 9.17) is 10.5 Å². The topological polar surface area (TPSA) is 35.2 Å². The summed E-state index contributed by atoms with van der Waals surface area (Å²) in [6.45, 7) is 5.16. The largest absolute Gasteiger partial charge is 0.496 e. The molecule has 2 heteroatoms. The first-order valence-corrected chi connectivity index (χ1v) is 6.01. The molecule has 2 rings (SSSR count). The Balaban J connectivity index is 2.39. The van der Waals surface area contributed by atoms with E-state index in [9.17, 15) is 0 Å². The van der Waals surface area contributed by atoms with Crippen LogP contribution in [0.25, 0.3) is 0 Å². The summed E-state index contributed by atoms with van der Waals surface area (Å²) in [6, 6.07) is 6.54. The Hall–Kier alpha value is -1.02. The van der Waals surface area contributed by atoms with Crippen molar-refractivity contribution in [2.24, 2.45) is 5.73 Å². The number of hydrogen-bond acceptors (Lipinski definition) is 2. The third-order valence-corrected chi connectivity index (χ3v) is 3.71. The first-order chi connectivity index (χ1) is 7.63. The lowest BCUT2D eigenvalue weighted by Crippen LogP contribution is -2.19. The second kappa shape index (κ2) is 4.10. The van der Waals surface area contributed by atoms with Crippen molar-refractivity contribution in [3.63, 3.8) is 0 Å². The average molecular weight is 219 g/mol. The average Bonchev–Trinajstić information content (AvgIpc) is 3.09. The first-order valence-electron chi connectivity index (χ1n) is 6.01. The summed E-state index contributed by atoms with van der Waals surface area (Å²) in [6.07, 6.45) is 2.46. The fraction of sp³-hybridized carbons (Fsp3) is 0.571. The van der Waals surface area contributed by atoms with Gasteiger partial charge in [0.25, 0.3) is 0 Å². The highest BCUT2D eigenvalue weighted by molar-refractivity contribution is 5.44. The van der Waals surface area contributed by atoms with Gasteiger partial charge >= 0.3 is 0 Å². The lowest BCUT2D eigenvalue weighted by Gasteiger charge is -2.18. The van der Waals surface area contributed by atoms with Crippen LogP contribution in [-0.4, -0.2) is 13.7 Å². The minimum Gasteiger partial charge on any atom is -0.496 e. The van der Waals surface area contributed by atoms with Crippen molar-refractivity contribution in [2.45, 2.75) is 38.0 Å². The third-order valence-electron chi connectivity index (χ3n) is 3.71. The second-order valence-corrected chi connectivity index (χ2v) is 5.10. The SMILES string of the molecule is COc1ccc(C2(CN)CC2)cc1C(C)C. The Morgan fingerprint density at radius 2 is 2.06 bits per heavy atom. The molecule has 0 aliphatic heterocycles. The summed E-state index contributed by atoms with van der Waals surface area (Å²) in [5, 5.41) is 0. The quantitative estimate of drug-likeness (QED) is 0.845. The zero-order chi connectivity index (χ0) is 11.8. The summed E-state index contributed by atoms with van der Waals surface area (Å²) in [5.41, 5.74) is 8.82. The smallest absolute Gasteiger partial charge is 0.122 e. The van der Waals surface area contributed by atoms with Crippen LogP contribution in [-0.2, 0) is 5.41 Å². The zero-order valence-corrected chi connectivity index (χ0v) is 10.4. The third kappa shape index (κ3) is 1.82. The van der Waals surface area contributed by atoms with Crippen molar-refractivity contribution in [2.75, 3.05) is 13.7 Å². The van der Waals surface area contributed by atoms with E-state index in [0.717, 1.165) is 12.3 Å². The summed E-state index contributed by atoms with van der Waals surface area (Å²) in [5.74, 6) is 1.48. The Bertz CT molecular complexity index is 380. The van der Waals surface area contributed by atoms with Crippen LogP contribution in [0.2, 0.25) is 0 Å². The van der Waals surface area contributed by atoms with Crippen LogP contribution in [0.15, 0.2) is 18.2 Å². The number of ether oxygens (including phenoxy) is 1. The zero-order valence-electron chi connectivity index (χ0n) is 10.4. The Morgan fingerprint density at radius 1 is 1.38 bits per heavy atom. The molecule has 0 unspecified atom stereocenters. The number of rotatable bonds is 4. The molecule has 0 aromatic heterocycles. The van der Waals surface area contributed by atoms with E-state index >= 15 is 0 Å². The Labute approximate surface area is 97.8 Å². The van der Waals surface area contributed by atoms with Crippen LogP contribution in [0.5, 0.6) is 5.75 Å². The monoisotopic (exact) mass is 219 g/mol. The molecule has 0 radical (unpaired) electrons. The van der Waals surface area contributed by atoms with Gasteiger partial charge in [-0.1, -0.05) is 26.0 Å². The van der Waals surface area contributed by atoms with Gasteiger partial charge in [-0.2, -0.15) is 0 Å². The maximum absolute atomic E-state index is 5.87. The van der Waals surface area contributed by atoms with Gasteiger partial charge in [-0.15, -0.1) is 0 Å². The van der Waals surface area contributed by atoms with E-state index in [0.29, 0.717) is 5.92 Å². The van der Waals surface area contributed by atoms with Crippen LogP contribution in [0.3, 0.4) is 0 Å². The predicted octanol–water partition coefficient (Wildman–Crippen LogP) is 2.81. The molecule has 1 aliphatic rings. The molecule has 1 aliphatic carbocycles. The number of hydrogen-bond donors (Lipinski definition) is 1. The summed E-state index contributed by atoms with van der Waals surface area (Å²) in [4.78, 5) is 0. The van der Waals surface area contributed by atoms with Gasteiger partial charge in [-0.3, -0.25) is 0 Å². The van der Waals surface area contributed by atoms with Crippen molar-refractivity contribution in [3.8, 4) is 5.75 Å². The maximum Gasteiger partial charge on any atom is 0.122 e. The van der Waals surface area contributed by atoms with E-state index in [1.54, 1.807) is 7.11 Å². The van der Waals surface area contributed by atoms with Crippen molar-refractivity contribution >= 4 is 0 Å². The van der Waals surface area contributed by atoms with Gasteiger partial charge in [0.05, 0.1) is 7.11 Å². The van der Waals surface area contributed by atoms with Gasteiger partial charge < -0.3 is 10.5 Å². The lowest BCUT2D eigenvalue weighted by atomic mass is 9.91. The van der Waals surface area contributed by atoms with E-state index in [-0.39, 0.29) is 5.41 Å². The Morgan fingerprint density at radius 3 is 2.50 bits per heavy atom. The van der Waals surface area contributed by atoms with Gasteiger partial charge in [-0.05, 0) is 36.0 Å². The maximum atomic E-state index is 5.87. The molecule has 0 saturated heterocycles. The molecular weight excluding hydrogens is 198 g/mol. The highest BCUT2D eigenvalue weighted by atomic mass is 16.5. The van der Waals surface area contributed by atoms with Crippen molar-refractivity contribution in [1.29, 1.82) is 0 Å². The van der Waals surface area contributed by atoms with E-state index in [2.05, 4.69) is 32.0 Å². The molecule has 0 atom stereocenters. The summed E-state index contributed by atoms with van der Waals surface area (Å²) in [7, 11) is 1.73. The number of benzene rings is 1. The van der Waals surface area contributed by atoms with Crippen molar-refractivity contribution < 1.29 is 4.74 Å². The van der Waals surface area contributed by atoms with Gasteiger partial charge in [0.15, 0.2) is 0 Å². The highest BCUT2D eigenvalue weighted by Crippen LogP contribution is 2.48. The van der Waals surface area contributed by atoms with Crippen LogP contribution in [0, 0.1) is 0 Å². The van der Waals surface area contributed by atoms with Gasteiger partial charge in [0.1, 0.15) is 5.75 Å². The highest BCUT2D eigenvalue weighted by Gasteiger charge is 2.43.